The maximum Gasteiger partial charge on any atom is 0.307 e. The van der Waals surface area contributed by atoms with E-state index in [1.54, 1.807) is 38.3 Å². The summed E-state index contributed by atoms with van der Waals surface area (Å²) in [6.07, 6.45) is 1.54. The normalized spacial score (nSPS) is 11.8. The molecule has 0 saturated heterocycles. The summed E-state index contributed by atoms with van der Waals surface area (Å²) < 4.78 is 27.8. The summed E-state index contributed by atoms with van der Waals surface area (Å²) in [5, 5.41) is 13.8. The van der Waals surface area contributed by atoms with Gasteiger partial charge >= 0.3 is 5.97 Å². The molecule has 0 fully saturated rings. The Labute approximate surface area is 155 Å². The fraction of sp³-hybridized carbons (Fsp3) is 0.235. The standard InChI is InChI=1S/C17H17N3O4S2/c1-10-13(9-14(21)22)11(2)20-16(18-10)15(17(19-20)25-3)26(23,24)12-7-5-4-6-8-12/h4-8H,9H2,1-3H3,(H,21,22). The number of benzene rings is 1. The minimum Gasteiger partial charge on any atom is -0.481 e. The highest BCUT2D eigenvalue weighted by molar-refractivity contribution is 7.99. The van der Waals surface area contributed by atoms with Gasteiger partial charge in [0.05, 0.1) is 11.3 Å². The monoisotopic (exact) mass is 391 g/mol. The highest BCUT2D eigenvalue weighted by Gasteiger charge is 2.29. The third-order valence-electron chi connectivity index (χ3n) is 4.10. The van der Waals surface area contributed by atoms with E-state index in [1.165, 1.54) is 28.4 Å². The van der Waals surface area contributed by atoms with Crippen LogP contribution in [0.15, 0.2) is 45.1 Å². The number of carbonyl (C=O) groups is 1. The van der Waals surface area contributed by atoms with Gasteiger partial charge in [0.25, 0.3) is 0 Å². The van der Waals surface area contributed by atoms with Crippen LogP contribution in [-0.4, -0.2) is 40.3 Å². The molecule has 0 radical (unpaired) electrons. The predicted octanol–water partition coefficient (Wildman–Crippen LogP) is 2.53. The van der Waals surface area contributed by atoms with Crippen LogP contribution in [0, 0.1) is 13.8 Å². The highest BCUT2D eigenvalue weighted by atomic mass is 32.2. The number of aromatic nitrogens is 3. The average molecular weight is 391 g/mol. The van der Waals surface area contributed by atoms with Crippen LogP contribution >= 0.6 is 11.8 Å². The van der Waals surface area contributed by atoms with E-state index in [0.29, 0.717) is 22.0 Å². The Balaban J connectivity index is 2.35. The lowest BCUT2D eigenvalue weighted by Crippen LogP contribution is -2.11. The summed E-state index contributed by atoms with van der Waals surface area (Å²) >= 11 is 1.21. The van der Waals surface area contributed by atoms with Gasteiger partial charge < -0.3 is 5.11 Å². The third kappa shape index (κ3) is 2.97. The van der Waals surface area contributed by atoms with Crippen molar-refractivity contribution in [3.8, 4) is 0 Å². The lowest BCUT2D eigenvalue weighted by molar-refractivity contribution is -0.136. The molecule has 9 heteroatoms. The van der Waals surface area contributed by atoms with Crippen molar-refractivity contribution < 1.29 is 18.3 Å². The molecular formula is C17H17N3O4S2. The highest BCUT2D eigenvalue weighted by Crippen LogP contribution is 2.33. The van der Waals surface area contributed by atoms with Gasteiger partial charge in [-0.3, -0.25) is 4.79 Å². The molecule has 0 spiro atoms. The zero-order valence-corrected chi connectivity index (χ0v) is 16.1. The first-order valence-electron chi connectivity index (χ1n) is 7.72. The van der Waals surface area contributed by atoms with Crippen LogP contribution < -0.4 is 0 Å². The van der Waals surface area contributed by atoms with Gasteiger partial charge in [-0.2, -0.15) is 5.10 Å². The van der Waals surface area contributed by atoms with Gasteiger partial charge in [-0.05, 0) is 32.2 Å². The van der Waals surface area contributed by atoms with Crippen LogP contribution in [0.1, 0.15) is 17.0 Å². The number of hydrogen-bond acceptors (Lipinski definition) is 6. The number of carboxylic acids is 1. The van der Waals surface area contributed by atoms with Crippen LogP contribution in [-0.2, 0) is 21.1 Å². The quantitative estimate of drug-likeness (QED) is 0.667. The third-order valence-corrected chi connectivity index (χ3v) is 6.70. The predicted molar refractivity (Wildman–Crippen MR) is 97.5 cm³/mol. The number of carboxylic acid groups (broad SMARTS) is 1. The lowest BCUT2D eigenvalue weighted by Gasteiger charge is -2.10. The number of rotatable bonds is 5. The van der Waals surface area contributed by atoms with Crippen molar-refractivity contribution in [2.75, 3.05) is 6.26 Å². The van der Waals surface area contributed by atoms with E-state index < -0.39 is 15.8 Å². The minimum absolute atomic E-state index is 0.0456. The molecule has 0 aliphatic rings. The number of hydrogen-bond donors (Lipinski definition) is 1. The molecule has 0 amide bonds. The number of sulfone groups is 1. The van der Waals surface area contributed by atoms with Gasteiger partial charge in [0, 0.05) is 17.0 Å². The summed E-state index contributed by atoms with van der Waals surface area (Å²) in [6, 6.07) is 8.12. The molecular weight excluding hydrogens is 374 g/mol. The summed E-state index contributed by atoms with van der Waals surface area (Å²) in [5.41, 5.74) is 1.79. The van der Waals surface area contributed by atoms with Gasteiger partial charge in [-0.25, -0.2) is 17.9 Å². The largest absolute Gasteiger partial charge is 0.481 e. The molecule has 2 heterocycles. The Morgan fingerprint density at radius 2 is 1.88 bits per heavy atom. The molecule has 3 rings (SSSR count). The topological polar surface area (TPSA) is 102 Å². The first-order valence-corrected chi connectivity index (χ1v) is 10.4. The molecule has 0 aliphatic carbocycles. The van der Waals surface area contributed by atoms with E-state index in [-0.39, 0.29) is 21.9 Å². The Kier molecular flexibility index (Phi) is 4.76. The van der Waals surface area contributed by atoms with Crippen molar-refractivity contribution in [1.29, 1.82) is 0 Å². The van der Waals surface area contributed by atoms with Crippen molar-refractivity contribution in [2.45, 2.75) is 35.1 Å². The second-order valence-corrected chi connectivity index (χ2v) is 8.40. The van der Waals surface area contributed by atoms with Gasteiger partial charge in [0.1, 0.15) is 5.03 Å². The van der Waals surface area contributed by atoms with Crippen molar-refractivity contribution in [2.24, 2.45) is 0 Å². The fourth-order valence-electron chi connectivity index (χ4n) is 2.82. The first kappa shape index (κ1) is 18.4. The van der Waals surface area contributed by atoms with Crippen LogP contribution in [0.2, 0.25) is 0 Å². The van der Waals surface area contributed by atoms with Crippen molar-refractivity contribution in [3.63, 3.8) is 0 Å². The molecule has 0 saturated carbocycles. The van der Waals surface area contributed by atoms with Crippen LogP contribution in [0.25, 0.3) is 5.65 Å². The van der Waals surface area contributed by atoms with E-state index in [0.717, 1.165) is 0 Å². The molecule has 0 atom stereocenters. The Bertz CT molecular complexity index is 1110. The van der Waals surface area contributed by atoms with E-state index in [9.17, 15) is 13.2 Å². The van der Waals surface area contributed by atoms with E-state index in [4.69, 9.17) is 5.11 Å². The smallest absolute Gasteiger partial charge is 0.307 e. The van der Waals surface area contributed by atoms with Crippen molar-refractivity contribution in [3.05, 3.63) is 47.3 Å². The van der Waals surface area contributed by atoms with Gasteiger partial charge in [0.2, 0.25) is 9.84 Å². The summed E-state index contributed by atoms with van der Waals surface area (Å²) in [7, 11) is -3.82. The fourth-order valence-corrected chi connectivity index (χ4v) is 5.23. The number of aliphatic carboxylic acids is 1. The van der Waals surface area contributed by atoms with E-state index >= 15 is 0 Å². The van der Waals surface area contributed by atoms with Gasteiger partial charge in [-0.15, -0.1) is 11.8 Å². The van der Waals surface area contributed by atoms with Crippen molar-refractivity contribution >= 4 is 33.2 Å². The first-order chi connectivity index (χ1) is 12.3. The summed E-state index contributed by atoms with van der Waals surface area (Å²) in [5.74, 6) is -0.980. The Morgan fingerprint density at radius 3 is 2.46 bits per heavy atom. The molecule has 1 N–H and O–H groups in total. The second-order valence-electron chi connectivity index (χ2n) is 5.72. The SMILES string of the molecule is CSc1nn2c(C)c(CC(=O)O)c(C)nc2c1S(=O)(=O)c1ccccc1. The maximum atomic E-state index is 13.2. The molecule has 26 heavy (non-hydrogen) atoms. The second kappa shape index (κ2) is 6.73. The zero-order chi connectivity index (χ0) is 19.1. The molecule has 0 bridgehead atoms. The Morgan fingerprint density at radius 1 is 1.23 bits per heavy atom. The van der Waals surface area contributed by atoms with Gasteiger partial charge in [0.15, 0.2) is 10.5 Å². The molecule has 0 aliphatic heterocycles. The number of fused-ring (bicyclic) bond motifs is 1. The summed E-state index contributed by atoms with van der Waals surface area (Å²) in [6.45, 7) is 3.39. The lowest BCUT2D eigenvalue weighted by atomic mass is 10.1. The minimum atomic E-state index is -3.82. The molecule has 3 aromatic rings. The zero-order valence-electron chi connectivity index (χ0n) is 14.4. The maximum absolute atomic E-state index is 13.2. The van der Waals surface area contributed by atoms with E-state index in [1.807, 2.05) is 0 Å². The van der Waals surface area contributed by atoms with Crippen LogP contribution in [0.3, 0.4) is 0 Å². The van der Waals surface area contributed by atoms with Crippen LogP contribution in [0.4, 0.5) is 0 Å². The molecule has 7 nitrogen and oxygen atoms in total. The molecule has 136 valence electrons. The van der Waals surface area contributed by atoms with Gasteiger partial charge in [-0.1, -0.05) is 18.2 Å². The molecule has 1 aromatic carbocycles. The van der Waals surface area contributed by atoms with E-state index in [2.05, 4.69) is 10.1 Å². The molecule has 2 aromatic heterocycles. The number of aryl methyl sites for hydroxylation is 2. The number of thioether (sulfide) groups is 1. The van der Waals surface area contributed by atoms with Crippen molar-refractivity contribution in [1.82, 2.24) is 14.6 Å². The van der Waals surface area contributed by atoms with Crippen LogP contribution in [0.5, 0.6) is 0 Å². The molecule has 0 unspecified atom stereocenters. The summed E-state index contributed by atoms with van der Waals surface area (Å²) in [4.78, 5) is 15.7. The number of nitrogens with zero attached hydrogens (tertiary/aromatic N) is 3. The average Bonchev–Trinajstić information content (AvgIpc) is 2.98. The Hall–Kier alpha value is -2.39.